The molecule has 62 valence electrons. The number of hydrogen-bond donors (Lipinski definition) is 4. The van der Waals surface area contributed by atoms with Crippen LogP contribution in [0.15, 0.2) is 0 Å². The Morgan fingerprint density at radius 1 is 1.60 bits per heavy atom. The normalized spacial score (nSPS) is 7.80. The molecule has 0 fully saturated rings. The van der Waals surface area contributed by atoms with Crippen LogP contribution in [0.25, 0.3) is 0 Å². The summed E-state index contributed by atoms with van der Waals surface area (Å²) in [5, 5.41) is 12.5. The van der Waals surface area contributed by atoms with Gasteiger partial charge in [0.25, 0.3) is 0 Å². The fourth-order valence-corrected chi connectivity index (χ4v) is 0.404. The molecule has 0 aromatic rings. The number of halogens is 1. The molecule has 0 heterocycles. The van der Waals surface area contributed by atoms with Crippen LogP contribution in [-0.4, -0.2) is 26.1 Å². The average molecular weight is 167 g/mol. The van der Waals surface area contributed by atoms with Crippen LogP contribution in [0.4, 0.5) is 0 Å². The Morgan fingerprint density at radius 2 is 2.20 bits per heavy atom. The first-order valence-electron chi connectivity index (χ1n) is 3.01. The molecule has 0 aliphatic carbocycles. The lowest BCUT2D eigenvalue weighted by Crippen LogP contribution is -2.34. The van der Waals surface area contributed by atoms with Crippen LogP contribution in [0.2, 0.25) is 0 Å². The van der Waals surface area contributed by atoms with Crippen LogP contribution in [0.5, 0.6) is 0 Å². The van der Waals surface area contributed by atoms with Crippen molar-refractivity contribution in [2.75, 3.05) is 20.1 Å². The van der Waals surface area contributed by atoms with Crippen molar-refractivity contribution in [2.24, 2.45) is 5.73 Å². The zero-order chi connectivity index (χ0) is 7.11. The minimum atomic E-state index is 0. The first-order chi connectivity index (χ1) is 4.31. The lowest BCUT2D eigenvalue weighted by atomic mass is 10.4. The SMILES string of the molecule is CNC(=N)NCCCN.Cl. The highest BCUT2D eigenvalue weighted by molar-refractivity contribution is 5.85. The first kappa shape index (κ1) is 12.2. The largest absolute Gasteiger partial charge is 0.360 e. The summed E-state index contributed by atoms with van der Waals surface area (Å²) in [5.41, 5.74) is 5.23. The second-order valence-corrected chi connectivity index (χ2v) is 1.69. The Morgan fingerprint density at radius 3 is 2.60 bits per heavy atom. The molecule has 0 aromatic heterocycles. The second kappa shape index (κ2) is 8.52. The summed E-state index contributed by atoms with van der Waals surface area (Å²) in [4.78, 5) is 0. The van der Waals surface area contributed by atoms with Gasteiger partial charge in [-0.2, -0.15) is 0 Å². The smallest absolute Gasteiger partial charge is 0.188 e. The Balaban J connectivity index is 0. The fourth-order valence-electron chi connectivity index (χ4n) is 0.404. The molecule has 0 saturated heterocycles. The third-order valence-electron chi connectivity index (χ3n) is 0.933. The summed E-state index contributed by atoms with van der Waals surface area (Å²) >= 11 is 0. The highest BCUT2D eigenvalue weighted by atomic mass is 35.5. The molecule has 0 unspecified atom stereocenters. The summed E-state index contributed by atoms with van der Waals surface area (Å²) in [6, 6.07) is 0. The van der Waals surface area contributed by atoms with Gasteiger partial charge < -0.3 is 16.4 Å². The van der Waals surface area contributed by atoms with Gasteiger partial charge in [0.2, 0.25) is 0 Å². The van der Waals surface area contributed by atoms with Crippen LogP contribution in [0.3, 0.4) is 0 Å². The summed E-state index contributed by atoms with van der Waals surface area (Å²) in [6.45, 7) is 1.44. The molecule has 0 aliphatic rings. The topological polar surface area (TPSA) is 73.9 Å². The minimum Gasteiger partial charge on any atom is -0.360 e. The van der Waals surface area contributed by atoms with Crippen molar-refractivity contribution in [1.82, 2.24) is 10.6 Å². The van der Waals surface area contributed by atoms with Crippen molar-refractivity contribution in [3.05, 3.63) is 0 Å². The lowest BCUT2D eigenvalue weighted by molar-refractivity contribution is 0.765. The summed E-state index contributed by atoms with van der Waals surface area (Å²) in [5.74, 6) is 0.350. The third kappa shape index (κ3) is 7.52. The van der Waals surface area contributed by atoms with E-state index in [1.807, 2.05) is 0 Å². The molecule has 0 aromatic carbocycles. The summed E-state index contributed by atoms with van der Waals surface area (Å²) in [6.07, 6.45) is 0.907. The Bertz CT molecular complexity index is 85.7. The summed E-state index contributed by atoms with van der Waals surface area (Å²) < 4.78 is 0. The van der Waals surface area contributed by atoms with E-state index in [-0.39, 0.29) is 12.4 Å². The minimum absolute atomic E-state index is 0. The van der Waals surface area contributed by atoms with Crippen molar-refractivity contribution in [1.29, 1.82) is 5.41 Å². The Labute approximate surface area is 67.5 Å². The van der Waals surface area contributed by atoms with Crippen LogP contribution in [0.1, 0.15) is 6.42 Å². The molecule has 0 aliphatic heterocycles. The zero-order valence-corrected chi connectivity index (χ0v) is 6.92. The van der Waals surface area contributed by atoms with Crippen molar-refractivity contribution in [3.8, 4) is 0 Å². The van der Waals surface area contributed by atoms with Crippen LogP contribution in [-0.2, 0) is 0 Å². The summed E-state index contributed by atoms with van der Waals surface area (Å²) in [7, 11) is 1.71. The van der Waals surface area contributed by atoms with Crippen LogP contribution in [0, 0.1) is 5.41 Å². The third-order valence-corrected chi connectivity index (χ3v) is 0.933. The number of rotatable bonds is 3. The van der Waals surface area contributed by atoms with E-state index in [1.165, 1.54) is 0 Å². The molecule has 10 heavy (non-hydrogen) atoms. The standard InChI is InChI=1S/C5H14N4.ClH/c1-8-5(7)9-4-2-3-6;/h2-4,6H2,1H3,(H3,7,8,9);1H. The first-order valence-corrected chi connectivity index (χ1v) is 3.01. The van der Waals surface area contributed by atoms with Gasteiger partial charge in [0.1, 0.15) is 0 Å². The Kier molecular flexibility index (Phi) is 10.4. The van der Waals surface area contributed by atoms with Gasteiger partial charge in [-0.15, -0.1) is 12.4 Å². The number of nitrogens with one attached hydrogen (secondary N) is 3. The average Bonchev–Trinajstić information content (AvgIpc) is 1.89. The molecule has 0 spiro atoms. The lowest BCUT2D eigenvalue weighted by Gasteiger charge is -2.04. The van der Waals surface area contributed by atoms with Crippen LogP contribution >= 0.6 is 12.4 Å². The molecular weight excluding hydrogens is 152 g/mol. The van der Waals surface area contributed by atoms with E-state index >= 15 is 0 Å². The van der Waals surface area contributed by atoms with E-state index in [0.717, 1.165) is 13.0 Å². The van der Waals surface area contributed by atoms with Gasteiger partial charge in [-0.25, -0.2) is 0 Å². The monoisotopic (exact) mass is 166 g/mol. The molecule has 0 amide bonds. The predicted octanol–water partition coefficient (Wildman–Crippen LogP) is -0.499. The molecule has 0 radical (unpaired) electrons. The van der Waals surface area contributed by atoms with Gasteiger partial charge >= 0.3 is 0 Å². The van der Waals surface area contributed by atoms with E-state index in [4.69, 9.17) is 11.1 Å². The maximum absolute atomic E-state index is 7.05. The van der Waals surface area contributed by atoms with E-state index in [1.54, 1.807) is 7.05 Å². The Hall–Kier alpha value is -0.480. The van der Waals surface area contributed by atoms with Crippen molar-refractivity contribution in [2.45, 2.75) is 6.42 Å². The maximum atomic E-state index is 7.05. The molecule has 0 bridgehead atoms. The molecule has 5 N–H and O–H groups in total. The van der Waals surface area contributed by atoms with Crippen molar-refractivity contribution in [3.63, 3.8) is 0 Å². The van der Waals surface area contributed by atoms with E-state index in [0.29, 0.717) is 12.5 Å². The highest BCUT2D eigenvalue weighted by Crippen LogP contribution is 1.67. The molecule has 5 heteroatoms. The maximum Gasteiger partial charge on any atom is 0.188 e. The van der Waals surface area contributed by atoms with E-state index < -0.39 is 0 Å². The van der Waals surface area contributed by atoms with Gasteiger partial charge in [0.05, 0.1) is 0 Å². The van der Waals surface area contributed by atoms with Crippen molar-refractivity contribution >= 4 is 18.4 Å². The van der Waals surface area contributed by atoms with Gasteiger partial charge in [-0.1, -0.05) is 0 Å². The molecule has 0 saturated carbocycles. The van der Waals surface area contributed by atoms with Crippen LogP contribution < -0.4 is 16.4 Å². The van der Waals surface area contributed by atoms with Gasteiger partial charge in [0, 0.05) is 13.6 Å². The number of guanidine groups is 1. The highest BCUT2D eigenvalue weighted by Gasteiger charge is 1.86. The van der Waals surface area contributed by atoms with Crippen molar-refractivity contribution < 1.29 is 0 Å². The molecular formula is C5H15ClN4. The second-order valence-electron chi connectivity index (χ2n) is 1.69. The zero-order valence-electron chi connectivity index (χ0n) is 6.11. The van der Waals surface area contributed by atoms with Gasteiger partial charge in [-0.05, 0) is 13.0 Å². The number of hydrogen-bond acceptors (Lipinski definition) is 2. The molecule has 4 nitrogen and oxygen atoms in total. The fraction of sp³-hybridized carbons (Fsp3) is 0.800. The molecule has 0 atom stereocenters. The molecule has 0 rings (SSSR count). The van der Waals surface area contributed by atoms with Gasteiger partial charge in [0.15, 0.2) is 5.96 Å². The quantitative estimate of drug-likeness (QED) is 0.260. The van der Waals surface area contributed by atoms with Gasteiger partial charge in [-0.3, -0.25) is 5.41 Å². The van der Waals surface area contributed by atoms with E-state index in [2.05, 4.69) is 10.6 Å². The number of nitrogens with two attached hydrogens (primary N) is 1. The van der Waals surface area contributed by atoms with E-state index in [9.17, 15) is 0 Å². The predicted molar refractivity (Wildman–Crippen MR) is 45.7 cm³/mol.